The minimum atomic E-state index is -1.68. The Balaban J connectivity index is 1.48. The number of benzene rings is 1. The lowest BCUT2D eigenvalue weighted by Crippen LogP contribution is -2.35. The standard InChI is InChI=1S/C22H22N4O4S/c1-26-9-8-22(29,21(26)28)16-11-15(25-30-16)13-6-3-7-14(10-13)20-24-17(19(23)27)18(31-20)12-4-2-5-12/h3,6-7,10-12,29H,2,4-5,8-9H2,1H3,(H2,23,27). The molecule has 3 N–H and O–H groups in total. The van der Waals surface area contributed by atoms with Crippen molar-refractivity contribution < 1.29 is 19.2 Å². The van der Waals surface area contributed by atoms with Gasteiger partial charge in [0, 0.05) is 42.1 Å². The van der Waals surface area contributed by atoms with Crippen LogP contribution in [0.5, 0.6) is 0 Å². The van der Waals surface area contributed by atoms with Crippen molar-refractivity contribution >= 4 is 23.2 Å². The molecule has 31 heavy (non-hydrogen) atoms. The molecule has 160 valence electrons. The van der Waals surface area contributed by atoms with E-state index in [1.165, 1.54) is 16.2 Å². The Morgan fingerprint density at radius 3 is 2.74 bits per heavy atom. The van der Waals surface area contributed by atoms with Gasteiger partial charge in [-0.05, 0) is 24.8 Å². The smallest absolute Gasteiger partial charge is 0.268 e. The van der Waals surface area contributed by atoms with Gasteiger partial charge in [-0.15, -0.1) is 11.3 Å². The first kappa shape index (κ1) is 19.9. The number of carbonyl (C=O) groups is 2. The van der Waals surface area contributed by atoms with Gasteiger partial charge in [0.1, 0.15) is 16.4 Å². The van der Waals surface area contributed by atoms with Gasteiger partial charge < -0.3 is 20.3 Å². The van der Waals surface area contributed by atoms with E-state index in [-0.39, 0.29) is 12.2 Å². The van der Waals surface area contributed by atoms with Crippen molar-refractivity contribution in [1.29, 1.82) is 0 Å². The minimum absolute atomic E-state index is 0.139. The van der Waals surface area contributed by atoms with Crippen molar-refractivity contribution in [2.24, 2.45) is 5.73 Å². The van der Waals surface area contributed by atoms with Gasteiger partial charge in [0.25, 0.3) is 11.8 Å². The third-order valence-corrected chi connectivity index (χ3v) is 7.46. The maximum absolute atomic E-state index is 12.3. The number of hydrogen-bond donors (Lipinski definition) is 2. The average Bonchev–Trinajstić information content (AvgIpc) is 3.43. The molecule has 1 atom stereocenters. The number of aliphatic hydroxyl groups is 1. The second kappa shape index (κ2) is 7.28. The summed E-state index contributed by atoms with van der Waals surface area (Å²) in [6, 6.07) is 9.17. The Bertz CT molecular complexity index is 1180. The summed E-state index contributed by atoms with van der Waals surface area (Å²) in [7, 11) is 1.65. The molecule has 1 saturated carbocycles. The molecular formula is C22H22N4O4S. The summed E-state index contributed by atoms with van der Waals surface area (Å²) in [5.41, 5.74) is 6.37. The van der Waals surface area contributed by atoms with Gasteiger partial charge in [-0.1, -0.05) is 29.8 Å². The third-order valence-electron chi connectivity index (χ3n) is 6.20. The van der Waals surface area contributed by atoms with E-state index in [1.807, 2.05) is 24.3 Å². The number of likely N-dealkylation sites (N-methyl/N-ethyl adjacent to an activating group) is 1. The summed E-state index contributed by atoms with van der Waals surface area (Å²) < 4.78 is 5.36. The molecule has 5 rings (SSSR count). The zero-order chi connectivity index (χ0) is 21.8. The Labute approximate surface area is 182 Å². The number of thiazole rings is 1. The van der Waals surface area contributed by atoms with Crippen LogP contribution in [0.2, 0.25) is 0 Å². The van der Waals surface area contributed by atoms with E-state index >= 15 is 0 Å². The molecular weight excluding hydrogens is 416 g/mol. The quantitative estimate of drug-likeness (QED) is 0.631. The van der Waals surface area contributed by atoms with Crippen LogP contribution in [-0.2, 0) is 10.4 Å². The zero-order valence-corrected chi connectivity index (χ0v) is 17.8. The lowest BCUT2D eigenvalue weighted by atomic mass is 9.83. The van der Waals surface area contributed by atoms with Crippen molar-refractivity contribution in [2.45, 2.75) is 37.2 Å². The van der Waals surface area contributed by atoms with Gasteiger partial charge in [0.05, 0.1) is 0 Å². The highest BCUT2D eigenvalue weighted by Gasteiger charge is 2.48. The van der Waals surface area contributed by atoms with Crippen molar-refractivity contribution in [3.63, 3.8) is 0 Å². The van der Waals surface area contributed by atoms with Crippen LogP contribution in [0.25, 0.3) is 21.8 Å². The summed E-state index contributed by atoms with van der Waals surface area (Å²) in [4.78, 5) is 31.2. The number of aromatic nitrogens is 2. The van der Waals surface area contributed by atoms with Crippen LogP contribution in [-0.4, -0.2) is 45.6 Å². The maximum atomic E-state index is 12.3. The third kappa shape index (κ3) is 3.24. The van der Waals surface area contributed by atoms with E-state index in [9.17, 15) is 14.7 Å². The van der Waals surface area contributed by atoms with E-state index < -0.39 is 17.4 Å². The summed E-state index contributed by atoms with van der Waals surface area (Å²) >= 11 is 1.51. The molecule has 0 radical (unpaired) electrons. The highest BCUT2D eigenvalue weighted by atomic mass is 32.1. The molecule has 8 nitrogen and oxygen atoms in total. The highest BCUT2D eigenvalue weighted by molar-refractivity contribution is 7.15. The van der Waals surface area contributed by atoms with Gasteiger partial charge in [-0.25, -0.2) is 4.98 Å². The van der Waals surface area contributed by atoms with Crippen molar-refractivity contribution in [1.82, 2.24) is 15.0 Å². The number of nitrogens with zero attached hydrogens (tertiary/aromatic N) is 3. The summed E-state index contributed by atoms with van der Waals surface area (Å²) in [5.74, 6) is -0.395. The maximum Gasteiger partial charge on any atom is 0.268 e. The van der Waals surface area contributed by atoms with E-state index in [1.54, 1.807) is 13.1 Å². The Kier molecular flexibility index (Phi) is 4.67. The number of primary amides is 1. The van der Waals surface area contributed by atoms with E-state index in [4.69, 9.17) is 10.3 Å². The molecule has 0 bridgehead atoms. The van der Waals surface area contributed by atoms with Crippen LogP contribution in [0, 0.1) is 0 Å². The van der Waals surface area contributed by atoms with E-state index in [0.717, 1.165) is 40.3 Å². The first-order valence-corrected chi connectivity index (χ1v) is 11.0. The van der Waals surface area contributed by atoms with Crippen LogP contribution in [0.3, 0.4) is 0 Å². The second-order valence-electron chi connectivity index (χ2n) is 8.22. The fraction of sp³-hybridized carbons (Fsp3) is 0.364. The SMILES string of the molecule is CN1CCC(O)(c2cc(-c3cccc(-c4nc(C(N)=O)c(C5CCC5)s4)c3)no2)C1=O. The normalized spacial score (nSPS) is 21.5. The molecule has 3 heterocycles. The van der Waals surface area contributed by atoms with Crippen LogP contribution >= 0.6 is 11.3 Å². The molecule has 1 aromatic carbocycles. The molecule has 0 spiro atoms. The first-order valence-electron chi connectivity index (χ1n) is 10.2. The van der Waals surface area contributed by atoms with Crippen LogP contribution in [0.1, 0.15) is 52.7 Å². The molecule has 2 aliphatic rings. The topological polar surface area (TPSA) is 123 Å². The summed E-state index contributed by atoms with van der Waals surface area (Å²) in [6.45, 7) is 0.455. The molecule has 1 saturated heterocycles. The van der Waals surface area contributed by atoms with Gasteiger partial charge in [0.2, 0.25) is 5.60 Å². The molecule has 1 aliphatic heterocycles. The Morgan fingerprint density at radius 1 is 1.32 bits per heavy atom. The molecule has 1 aliphatic carbocycles. The van der Waals surface area contributed by atoms with Crippen LogP contribution in [0.15, 0.2) is 34.9 Å². The number of likely N-dealkylation sites (tertiary alicyclic amines) is 1. The van der Waals surface area contributed by atoms with Crippen LogP contribution in [0.4, 0.5) is 0 Å². The predicted octanol–water partition coefficient (Wildman–Crippen LogP) is 2.88. The number of carbonyl (C=O) groups excluding carboxylic acids is 2. The van der Waals surface area contributed by atoms with Gasteiger partial charge in [-0.2, -0.15) is 0 Å². The molecule has 1 unspecified atom stereocenters. The molecule has 3 aromatic rings. The lowest BCUT2D eigenvalue weighted by Gasteiger charge is -2.24. The average molecular weight is 439 g/mol. The monoisotopic (exact) mass is 438 g/mol. The summed E-state index contributed by atoms with van der Waals surface area (Å²) in [6.07, 6.45) is 3.53. The van der Waals surface area contributed by atoms with Gasteiger partial charge in [0.15, 0.2) is 5.76 Å². The van der Waals surface area contributed by atoms with E-state index in [0.29, 0.717) is 23.9 Å². The number of hydrogen-bond acceptors (Lipinski definition) is 7. The number of nitrogens with two attached hydrogens (primary N) is 1. The minimum Gasteiger partial charge on any atom is -0.373 e. The molecule has 2 aromatic heterocycles. The fourth-order valence-corrected chi connectivity index (χ4v) is 5.31. The lowest BCUT2D eigenvalue weighted by molar-refractivity contribution is -0.144. The first-order chi connectivity index (χ1) is 14.9. The number of amides is 2. The van der Waals surface area contributed by atoms with Crippen molar-refractivity contribution in [3.05, 3.63) is 46.7 Å². The molecule has 2 amide bonds. The fourth-order valence-electron chi connectivity index (χ4n) is 4.08. The van der Waals surface area contributed by atoms with Crippen LogP contribution < -0.4 is 5.73 Å². The molecule has 2 fully saturated rings. The Hall–Kier alpha value is -3.04. The zero-order valence-electron chi connectivity index (χ0n) is 17.0. The highest BCUT2D eigenvalue weighted by Crippen LogP contribution is 2.43. The second-order valence-corrected chi connectivity index (χ2v) is 9.25. The van der Waals surface area contributed by atoms with Crippen molar-refractivity contribution in [3.8, 4) is 21.8 Å². The van der Waals surface area contributed by atoms with Gasteiger partial charge >= 0.3 is 0 Å². The number of rotatable bonds is 5. The van der Waals surface area contributed by atoms with Crippen molar-refractivity contribution in [2.75, 3.05) is 13.6 Å². The summed E-state index contributed by atoms with van der Waals surface area (Å²) in [5, 5.41) is 15.6. The van der Waals surface area contributed by atoms with Gasteiger partial charge in [-0.3, -0.25) is 9.59 Å². The molecule has 9 heteroatoms. The Morgan fingerprint density at radius 2 is 2.10 bits per heavy atom. The predicted molar refractivity (Wildman–Crippen MR) is 114 cm³/mol. The largest absolute Gasteiger partial charge is 0.373 e. The van der Waals surface area contributed by atoms with E-state index in [2.05, 4.69) is 10.1 Å².